The number of rotatable bonds is 35. The SMILES string of the molecule is CCCC1CCC(C=CCOC(=O)CCCCCCCCCP(CCCCCCCCCC(=O)OCC=CC2CCC(CCC)CC2)CCCCN(C)C)CC1. The number of carbonyl (C=O) groups is 2. The van der Waals surface area contributed by atoms with Gasteiger partial charge in [0.1, 0.15) is 13.2 Å². The maximum absolute atomic E-state index is 12.2. The van der Waals surface area contributed by atoms with Gasteiger partial charge in [0.2, 0.25) is 0 Å². The van der Waals surface area contributed by atoms with E-state index in [2.05, 4.69) is 57.1 Å². The standard InChI is InChI=1S/C50H92NO4P/c1-5-25-45-31-35-47(36-32-45)27-23-40-54-49(52)29-17-13-9-7-11-15-20-42-56(44-22-19-39-51(3)4)43-21-16-12-8-10-14-18-30-50(53)55-41-24-28-48-37-33-46(26-6-2)34-38-48/h23-24,27-28,45-48H,5-22,25-26,29-44H2,1-4H3. The minimum Gasteiger partial charge on any atom is -0.461 e. The van der Waals surface area contributed by atoms with Crippen LogP contribution in [0.3, 0.4) is 0 Å². The van der Waals surface area contributed by atoms with E-state index in [0.717, 1.165) is 37.5 Å². The minimum absolute atomic E-state index is 0.0253. The first-order valence-electron chi connectivity index (χ1n) is 24.4. The van der Waals surface area contributed by atoms with Gasteiger partial charge in [0.05, 0.1) is 0 Å². The second kappa shape index (κ2) is 35.7. The predicted octanol–water partition coefficient (Wildman–Crippen LogP) is 14.5. The van der Waals surface area contributed by atoms with E-state index in [1.54, 1.807) is 0 Å². The van der Waals surface area contributed by atoms with E-state index in [-0.39, 0.29) is 19.9 Å². The fraction of sp³-hybridized carbons (Fsp3) is 0.880. The molecule has 6 heteroatoms. The first-order valence-corrected chi connectivity index (χ1v) is 26.3. The van der Waals surface area contributed by atoms with Crippen molar-refractivity contribution in [3.05, 3.63) is 24.3 Å². The number of hydrogen-bond acceptors (Lipinski definition) is 5. The van der Waals surface area contributed by atoms with Crippen molar-refractivity contribution in [2.75, 3.05) is 52.3 Å². The largest absolute Gasteiger partial charge is 0.461 e. The van der Waals surface area contributed by atoms with Crippen molar-refractivity contribution in [3.63, 3.8) is 0 Å². The van der Waals surface area contributed by atoms with E-state index in [4.69, 9.17) is 9.47 Å². The summed E-state index contributed by atoms with van der Waals surface area (Å²) in [7, 11) is 4.56. The Balaban J connectivity index is 1.42. The number of ether oxygens (including phenoxy) is 2. The van der Waals surface area contributed by atoms with Gasteiger partial charge >= 0.3 is 11.9 Å². The molecule has 0 aliphatic heterocycles. The first-order chi connectivity index (χ1) is 27.4. The molecule has 0 unspecified atom stereocenters. The van der Waals surface area contributed by atoms with E-state index in [0.29, 0.717) is 37.9 Å². The Morgan fingerprint density at radius 1 is 0.518 bits per heavy atom. The number of esters is 2. The van der Waals surface area contributed by atoms with Crippen LogP contribution in [0, 0.1) is 23.7 Å². The van der Waals surface area contributed by atoms with Gasteiger partial charge in [-0.1, -0.05) is 128 Å². The smallest absolute Gasteiger partial charge is 0.306 e. The van der Waals surface area contributed by atoms with E-state index in [1.165, 1.54) is 179 Å². The summed E-state index contributed by atoms with van der Waals surface area (Å²) in [6, 6.07) is 0. The lowest BCUT2D eigenvalue weighted by atomic mass is 9.80. The molecule has 326 valence electrons. The van der Waals surface area contributed by atoms with Gasteiger partial charge in [-0.2, -0.15) is 0 Å². The summed E-state index contributed by atoms with van der Waals surface area (Å²) in [5.74, 6) is 3.21. The highest BCUT2D eigenvalue weighted by Crippen LogP contribution is 2.39. The van der Waals surface area contributed by atoms with Crippen molar-refractivity contribution >= 4 is 19.9 Å². The van der Waals surface area contributed by atoms with Crippen LogP contribution in [0.15, 0.2) is 24.3 Å². The zero-order chi connectivity index (χ0) is 40.3. The molecular weight excluding hydrogens is 710 g/mol. The van der Waals surface area contributed by atoms with Crippen LogP contribution in [0.5, 0.6) is 0 Å². The Labute approximate surface area is 349 Å². The minimum atomic E-state index is -0.0253. The summed E-state index contributed by atoms with van der Waals surface area (Å²) >= 11 is 0. The third kappa shape index (κ3) is 29.1. The molecule has 2 aliphatic rings. The molecule has 2 rings (SSSR count). The molecule has 0 saturated heterocycles. The fourth-order valence-corrected chi connectivity index (χ4v) is 11.8. The van der Waals surface area contributed by atoms with Gasteiger partial charge < -0.3 is 14.4 Å². The molecule has 2 saturated carbocycles. The van der Waals surface area contributed by atoms with E-state index in [9.17, 15) is 9.59 Å². The Kier molecular flexibility index (Phi) is 32.5. The summed E-state index contributed by atoms with van der Waals surface area (Å²) in [5.41, 5.74) is 0. The van der Waals surface area contributed by atoms with Gasteiger partial charge in [-0.3, -0.25) is 9.59 Å². The Hall–Kier alpha value is -1.19. The molecule has 0 heterocycles. The first kappa shape index (κ1) is 51.0. The van der Waals surface area contributed by atoms with E-state index >= 15 is 0 Å². The van der Waals surface area contributed by atoms with Crippen LogP contribution in [0.1, 0.15) is 206 Å². The van der Waals surface area contributed by atoms with Crippen molar-refractivity contribution < 1.29 is 19.1 Å². The van der Waals surface area contributed by atoms with Crippen LogP contribution in [0.4, 0.5) is 0 Å². The van der Waals surface area contributed by atoms with Crippen molar-refractivity contribution in [2.45, 2.75) is 206 Å². The lowest BCUT2D eigenvalue weighted by molar-refractivity contribution is -0.143. The quantitative estimate of drug-likeness (QED) is 0.0276. The van der Waals surface area contributed by atoms with Gasteiger partial charge in [-0.15, -0.1) is 7.92 Å². The number of allylic oxidation sites excluding steroid dienone is 2. The van der Waals surface area contributed by atoms with Crippen LogP contribution in [0.25, 0.3) is 0 Å². The highest BCUT2D eigenvalue weighted by Gasteiger charge is 2.19. The summed E-state index contributed by atoms with van der Waals surface area (Å²) in [5, 5.41) is 0. The molecule has 0 atom stereocenters. The van der Waals surface area contributed by atoms with E-state index in [1.807, 2.05) is 0 Å². The molecular formula is C50H92NO4P. The van der Waals surface area contributed by atoms with Crippen LogP contribution < -0.4 is 0 Å². The van der Waals surface area contributed by atoms with Crippen molar-refractivity contribution in [1.29, 1.82) is 0 Å². The zero-order valence-corrected chi connectivity index (χ0v) is 38.5. The van der Waals surface area contributed by atoms with Crippen molar-refractivity contribution in [2.24, 2.45) is 23.7 Å². The van der Waals surface area contributed by atoms with Gasteiger partial charge in [0.15, 0.2) is 0 Å². The number of carbonyl (C=O) groups excluding carboxylic acids is 2. The van der Waals surface area contributed by atoms with E-state index < -0.39 is 0 Å². The topological polar surface area (TPSA) is 55.8 Å². The molecule has 0 spiro atoms. The predicted molar refractivity (Wildman–Crippen MR) is 244 cm³/mol. The molecule has 2 aliphatic carbocycles. The summed E-state index contributed by atoms with van der Waals surface area (Å²) in [4.78, 5) is 26.7. The molecule has 2 fully saturated rings. The summed E-state index contributed by atoms with van der Waals surface area (Å²) in [6.45, 7) is 6.70. The van der Waals surface area contributed by atoms with Gasteiger partial charge in [-0.05, 0) is 153 Å². The average Bonchev–Trinajstić information content (AvgIpc) is 3.19. The monoisotopic (exact) mass is 802 g/mol. The highest BCUT2D eigenvalue weighted by molar-refractivity contribution is 7.57. The maximum Gasteiger partial charge on any atom is 0.306 e. The number of hydrogen-bond donors (Lipinski definition) is 0. The van der Waals surface area contributed by atoms with Crippen LogP contribution in [-0.2, 0) is 19.1 Å². The lowest BCUT2D eigenvalue weighted by Crippen LogP contribution is -2.13. The van der Waals surface area contributed by atoms with Gasteiger partial charge in [0, 0.05) is 12.8 Å². The Bertz CT molecular complexity index is 912. The van der Waals surface area contributed by atoms with Gasteiger partial charge in [0.25, 0.3) is 0 Å². The Morgan fingerprint density at radius 2 is 0.875 bits per heavy atom. The third-order valence-corrected chi connectivity index (χ3v) is 15.6. The van der Waals surface area contributed by atoms with Crippen molar-refractivity contribution in [3.8, 4) is 0 Å². The lowest BCUT2D eigenvalue weighted by Gasteiger charge is -2.26. The Morgan fingerprint density at radius 3 is 1.25 bits per heavy atom. The average molecular weight is 802 g/mol. The van der Waals surface area contributed by atoms with Gasteiger partial charge in [-0.25, -0.2) is 0 Å². The molecule has 56 heavy (non-hydrogen) atoms. The maximum atomic E-state index is 12.2. The zero-order valence-electron chi connectivity index (χ0n) is 37.6. The second-order valence-electron chi connectivity index (χ2n) is 18.2. The van der Waals surface area contributed by atoms with Crippen molar-refractivity contribution in [1.82, 2.24) is 4.90 Å². The molecule has 0 amide bonds. The molecule has 0 bridgehead atoms. The molecule has 0 aromatic carbocycles. The molecule has 0 radical (unpaired) electrons. The molecule has 5 nitrogen and oxygen atoms in total. The van der Waals surface area contributed by atoms with Crippen LogP contribution in [0.2, 0.25) is 0 Å². The number of nitrogens with zero attached hydrogens (tertiary/aromatic N) is 1. The second-order valence-corrected chi connectivity index (χ2v) is 20.8. The summed E-state index contributed by atoms with van der Waals surface area (Å²) in [6.07, 6.45) is 50.6. The number of unbranched alkanes of at least 4 members (excludes halogenated alkanes) is 13. The van der Waals surface area contributed by atoms with Crippen LogP contribution >= 0.6 is 7.92 Å². The molecule has 0 aromatic rings. The molecule has 0 N–H and O–H groups in total. The highest BCUT2D eigenvalue weighted by atomic mass is 31.1. The summed E-state index contributed by atoms with van der Waals surface area (Å²) < 4.78 is 11.0. The van der Waals surface area contributed by atoms with Crippen LogP contribution in [-0.4, -0.2) is 69.2 Å². The molecule has 0 aromatic heterocycles. The third-order valence-electron chi connectivity index (χ3n) is 12.7. The normalized spacial score (nSPS) is 20.9. The fourth-order valence-electron chi connectivity index (χ4n) is 9.15.